The highest BCUT2D eigenvalue weighted by Crippen LogP contribution is 2.24. The van der Waals surface area contributed by atoms with Crippen LogP contribution in [-0.2, 0) is 0 Å². The molecule has 5 rings (SSSR count). The number of hydrogen-bond acceptors (Lipinski definition) is 9. The van der Waals surface area contributed by atoms with Crippen molar-refractivity contribution in [1.29, 1.82) is 5.26 Å². The van der Waals surface area contributed by atoms with Crippen LogP contribution in [0.3, 0.4) is 0 Å². The second-order valence-corrected chi connectivity index (χ2v) is 7.24. The smallest absolute Gasteiger partial charge is 0.169 e. The van der Waals surface area contributed by atoms with Crippen LogP contribution in [0.1, 0.15) is 28.7 Å². The molecular weight excluding hydrogens is 420 g/mol. The molecule has 0 bridgehead atoms. The summed E-state index contributed by atoms with van der Waals surface area (Å²) in [5.41, 5.74) is 3.70. The summed E-state index contributed by atoms with van der Waals surface area (Å²) in [6.07, 6.45) is 2.96. The van der Waals surface area contributed by atoms with Crippen molar-refractivity contribution >= 4 is 28.3 Å². The molecule has 33 heavy (non-hydrogen) atoms. The zero-order valence-electron chi connectivity index (χ0n) is 17.6. The Balaban J connectivity index is 1.55. The highest BCUT2D eigenvalue weighted by molar-refractivity contribution is 5.97. The zero-order valence-corrected chi connectivity index (χ0v) is 17.6. The van der Waals surface area contributed by atoms with E-state index in [-0.39, 0.29) is 17.3 Å². The van der Waals surface area contributed by atoms with Gasteiger partial charge in [-0.25, -0.2) is 9.97 Å². The van der Waals surface area contributed by atoms with Crippen molar-refractivity contribution in [3.05, 3.63) is 71.9 Å². The molecular formula is C22H16N10O. The molecule has 0 unspecified atom stereocenters. The number of nitriles is 1. The Bertz CT molecular complexity index is 1540. The van der Waals surface area contributed by atoms with Gasteiger partial charge in [-0.2, -0.15) is 15.0 Å². The molecule has 4 heterocycles. The highest BCUT2D eigenvalue weighted by Gasteiger charge is 2.17. The average molecular weight is 436 g/mol. The maximum absolute atomic E-state index is 12.2. The van der Waals surface area contributed by atoms with E-state index in [0.29, 0.717) is 17.2 Å². The number of benzene rings is 1. The standard InChI is InChI=1S/C22H16N10O/c1-13-3-7-20(29-28-13)26-15-4-6-19-18(9-15)24-12-31(19)21-8-5-17(14(2)33)22(27-21)32-16(10-23)11-25-30-32/h3-9,11-12H,1-2H3,(H,26,29). The molecule has 0 fully saturated rings. The predicted octanol–water partition coefficient (Wildman–Crippen LogP) is 2.92. The first-order valence-corrected chi connectivity index (χ1v) is 9.91. The van der Waals surface area contributed by atoms with Gasteiger partial charge < -0.3 is 5.32 Å². The number of ketones is 1. The zero-order chi connectivity index (χ0) is 22.9. The third-order valence-electron chi connectivity index (χ3n) is 4.97. The van der Waals surface area contributed by atoms with E-state index in [1.807, 2.05) is 43.3 Å². The minimum atomic E-state index is -0.200. The highest BCUT2D eigenvalue weighted by atomic mass is 16.1. The van der Waals surface area contributed by atoms with E-state index in [1.54, 1.807) is 23.0 Å². The number of aryl methyl sites for hydroxylation is 1. The van der Waals surface area contributed by atoms with Gasteiger partial charge in [0, 0.05) is 5.69 Å². The maximum atomic E-state index is 12.2. The van der Waals surface area contributed by atoms with Gasteiger partial charge in [-0.3, -0.25) is 9.36 Å². The molecule has 0 spiro atoms. The largest absolute Gasteiger partial charge is 0.339 e. The molecule has 4 aromatic heterocycles. The van der Waals surface area contributed by atoms with Crippen molar-refractivity contribution in [2.45, 2.75) is 13.8 Å². The summed E-state index contributed by atoms with van der Waals surface area (Å²) in [7, 11) is 0. The lowest BCUT2D eigenvalue weighted by atomic mass is 10.2. The molecule has 11 nitrogen and oxygen atoms in total. The Morgan fingerprint density at radius 3 is 2.76 bits per heavy atom. The van der Waals surface area contributed by atoms with E-state index in [0.717, 1.165) is 22.4 Å². The van der Waals surface area contributed by atoms with Crippen LogP contribution in [0.25, 0.3) is 22.7 Å². The van der Waals surface area contributed by atoms with Crippen molar-refractivity contribution < 1.29 is 4.79 Å². The number of imidazole rings is 1. The van der Waals surface area contributed by atoms with E-state index < -0.39 is 0 Å². The van der Waals surface area contributed by atoms with Crippen molar-refractivity contribution in [2.24, 2.45) is 0 Å². The van der Waals surface area contributed by atoms with Gasteiger partial charge in [-0.1, -0.05) is 5.21 Å². The van der Waals surface area contributed by atoms with Crippen LogP contribution in [0.15, 0.2) is 55.0 Å². The molecule has 11 heteroatoms. The maximum Gasteiger partial charge on any atom is 0.169 e. The van der Waals surface area contributed by atoms with Crippen LogP contribution in [0.4, 0.5) is 11.5 Å². The summed E-state index contributed by atoms with van der Waals surface area (Å²) in [6, 6.07) is 14.8. The third kappa shape index (κ3) is 3.66. The Morgan fingerprint density at radius 1 is 1.12 bits per heavy atom. The average Bonchev–Trinajstić information content (AvgIpc) is 3.47. The molecule has 0 aliphatic heterocycles. The first kappa shape index (κ1) is 20.0. The number of aromatic nitrogens is 8. The van der Waals surface area contributed by atoms with E-state index in [1.165, 1.54) is 17.8 Å². The minimum absolute atomic E-state index is 0.174. The van der Waals surface area contributed by atoms with E-state index in [2.05, 4.69) is 35.8 Å². The Labute approximate surface area is 187 Å². The van der Waals surface area contributed by atoms with E-state index >= 15 is 0 Å². The Hall–Kier alpha value is -4.98. The molecule has 0 amide bonds. The predicted molar refractivity (Wildman–Crippen MR) is 119 cm³/mol. The molecule has 0 aliphatic rings. The van der Waals surface area contributed by atoms with Crippen molar-refractivity contribution in [1.82, 2.24) is 39.7 Å². The lowest BCUT2D eigenvalue weighted by molar-refractivity contribution is 0.101. The van der Waals surface area contributed by atoms with Crippen LogP contribution >= 0.6 is 0 Å². The molecule has 0 atom stereocenters. The van der Waals surface area contributed by atoms with Crippen LogP contribution in [0, 0.1) is 18.3 Å². The quantitative estimate of drug-likeness (QED) is 0.412. The van der Waals surface area contributed by atoms with Gasteiger partial charge in [-0.05, 0) is 56.3 Å². The minimum Gasteiger partial charge on any atom is -0.339 e. The van der Waals surface area contributed by atoms with E-state index in [4.69, 9.17) is 0 Å². The number of carbonyl (C=O) groups excluding carboxylic acids is 1. The summed E-state index contributed by atoms with van der Waals surface area (Å²) in [5, 5.41) is 28.4. The normalized spacial score (nSPS) is 10.8. The molecule has 160 valence electrons. The first-order valence-electron chi connectivity index (χ1n) is 9.91. The second-order valence-electron chi connectivity index (χ2n) is 7.24. The van der Waals surface area contributed by atoms with Crippen LogP contribution in [-0.4, -0.2) is 45.5 Å². The van der Waals surface area contributed by atoms with Crippen molar-refractivity contribution in [3.8, 4) is 17.7 Å². The number of fused-ring (bicyclic) bond motifs is 1. The van der Waals surface area contributed by atoms with Crippen LogP contribution in [0.2, 0.25) is 0 Å². The number of rotatable bonds is 5. The van der Waals surface area contributed by atoms with Crippen molar-refractivity contribution in [2.75, 3.05) is 5.32 Å². The van der Waals surface area contributed by atoms with Crippen LogP contribution in [0.5, 0.6) is 0 Å². The number of nitrogens with zero attached hydrogens (tertiary/aromatic N) is 9. The molecule has 0 aliphatic carbocycles. The summed E-state index contributed by atoms with van der Waals surface area (Å²) < 4.78 is 3.05. The number of nitrogens with one attached hydrogen (secondary N) is 1. The van der Waals surface area contributed by atoms with Gasteiger partial charge in [0.05, 0.1) is 28.5 Å². The van der Waals surface area contributed by atoms with E-state index in [9.17, 15) is 10.1 Å². The molecule has 1 N–H and O–H groups in total. The second kappa shape index (κ2) is 7.93. The fraction of sp³-hybridized carbons (Fsp3) is 0.0909. The topological polar surface area (TPSA) is 140 Å². The Kier molecular flexibility index (Phi) is 4.80. The van der Waals surface area contributed by atoms with Gasteiger partial charge in [0.25, 0.3) is 0 Å². The van der Waals surface area contributed by atoms with Gasteiger partial charge in [0.2, 0.25) is 0 Å². The molecule has 0 radical (unpaired) electrons. The fourth-order valence-electron chi connectivity index (χ4n) is 3.36. The van der Waals surface area contributed by atoms with Gasteiger partial charge >= 0.3 is 0 Å². The summed E-state index contributed by atoms with van der Waals surface area (Å²) in [6.45, 7) is 3.31. The van der Waals surface area contributed by atoms with Gasteiger partial charge in [0.15, 0.2) is 23.1 Å². The number of anilines is 2. The van der Waals surface area contributed by atoms with Crippen molar-refractivity contribution in [3.63, 3.8) is 0 Å². The fourth-order valence-corrected chi connectivity index (χ4v) is 3.36. The molecule has 0 saturated heterocycles. The number of carbonyl (C=O) groups is 1. The number of pyridine rings is 1. The van der Waals surface area contributed by atoms with Gasteiger partial charge in [-0.15, -0.1) is 10.2 Å². The summed E-state index contributed by atoms with van der Waals surface area (Å²) in [5.74, 6) is 1.18. The summed E-state index contributed by atoms with van der Waals surface area (Å²) >= 11 is 0. The molecule has 0 saturated carbocycles. The first-order chi connectivity index (χ1) is 16.0. The Morgan fingerprint density at radius 2 is 2.00 bits per heavy atom. The SMILES string of the molecule is CC(=O)c1ccc(-n2cnc3cc(Nc4ccc(C)nn4)ccc32)nc1-n1nncc1C#N. The lowest BCUT2D eigenvalue weighted by Crippen LogP contribution is -2.11. The molecule has 5 aromatic rings. The monoisotopic (exact) mass is 436 g/mol. The number of Topliss-reactive ketones (excluding diaryl/α,β-unsaturated/α-hetero) is 1. The summed E-state index contributed by atoms with van der Waals surface area (Å²) in [4.78, 5) is 21.3. The van der Waals surface area contributed by atoms with Crippen LogP contribution < -0.4 is 5.32 Å². The van der Waals surface area contributed by atoms with Gasteiger partial charge in [0.1, 0.15) is 18.2 Å². The number of hydrogen-bond donors (Lipinski definition) is 1. The third-order valence-corrected chi connectivity index (χ3v) is 4.97. The lowest BCUT2D eigenvalue weighted by Gasteiger charge is -2.10. The molecule has 1 aromatic carbocycles.